The number of ether oxygens (including phenoxy) is 1. The molecule has 5 heteroatoms. The lowest BCUT2D eigenvalue weighted by Crippen LogP contribution is -2.27. The van der Waals surface area contributed by atoms with Crippen molar-refractivity contribution >= 4 is 11.6 Å². The van der Waals surface area contributed by atoms with Crippen molar-refractivity contribution in [1.82, 2.24) is 5.32 Å². The lowest BCUT2D eigenvalue weighted by atomic mass is 10.1. The van der Waals surface area contributed by atoms with Gasteiger partial charge in [0.15, 0.2) is 0 Å². The van der Waals surface area contributed by atoms with Gasteiger partial charge in [0, 0.05) is 30.0 Å². The van der Waals surface area contributed by atoms with Gasteiger partial charge >= 0.3 is 0 Å². The Kier molecular flexibility index (Phi) is 5.11. The number of nitrogens with one attached hydrogen (secondary N) is 2. The predicted molar refractivity (Wildman–Crippen MR) is 91.5 cm³/mol. The number of halogens is 1. The Labute approximate surface area is 141 Å². The molecule has 2 N–H and O–H groups in total. The van der Waals surface area contributed by atoms with Crippen LogP contribution >= 0.6 is 0 Å². The van der Waals surface area contributed by atoms with E-state index in [0.29, 0.717) is 11.1 Å². The molecule has 1 aliphatic heterocycles. The molecule has 1 amide bonds. The average molecular weight is 328 g/mol. The third-order valence-electron chi connectivity index (χ3n) is 4.25. The zero-order valence-corrected chi connectivity index (χ0v) is 13.6. The lowest BCUT2D eigenvalue weighted by Gasteiger charge is -2.17. The summed E-state index contributed by atoms with van der Waals surface area (Å²) in [5.74, 6) is -0.541. The van der Waals surface area contributed by atoms with Crippen molar-refractivity contribution in [2.24, 2.45) is 0 Å². The van der Waals surface area contributed by atoms with Gasteiger partial charge < -0.3 is 15.4 Å². The molecule has 2 aromatic carbocycles. The summed E-state index contributed by atoms with van der Waals surface area (Å²) in [7, 11) is 0. The highest BCUT2D eigenvalue weighted by molar-refractivity contribution is 5.95. The van der Waals surface area contributed by atoms with Crippen LogP contribution in [0.5, 0.6) is 0 Å². The highest BCUT2D eigenvalue weighted by Crippen LogP contribution is 2.19. The molecule has 0 aromatic heterocycles. The first-order valence-corrected chi connectivity index (χ1v) is 8.13. The van der Waals surface area contributed by atoms with E-state index in [-0.39, 0.29) is 30.4 Å². The summed E-state index contributed by atoms with van der Waals surface area (Å²) in [6.45, 7) is 2.95. The standard InChI is InChI=1S/C19H21FN2O2/c1-13-18(9-10-24-13)22-16-7-4-6-14(11-16)19(23)21-12-15-5-2-3-8-17(15)20/h2-8,11,13,18,22H,9-10,12H2,1H3,(H,21,23)/t13-,18+/m0/s1. The van der Waals surface area contributed by atoms with E-state index < -0.39 is 0 Å². The number of carbonyl (C=O) groups is 1. The molecule has 0 spiro atoms. The van der Waals surface area contributed by atoms with Crippen LogP contribution in [0.15, 0.2) is 48.5 Å². The van der Waals surface area contributed by atoms with Crippen molar-refractivity contribution in [3.63, 3.8) is 0 Å². The number of hydrogen-bond donors (Lipinski definition) is 2. The van der Waals surface area contributed by atoms with E-state index in [1.165, 1.54) is 6.07 Å². The van der Waals surface area contributed by atoms with Crippen molar-refractivity contribution in [3.8, 4) is 0 Å². The fourth-order valence-electron chi connectivity index (χ4n) is 2.80. The molecular formula is C19H21FN2O2. The number of anilines is 1. The molecule has 0 unspecified atom stereocenters. The molecule has 24 heavy (non-hydrogen) atoms. The van der Waals surface area contributed by atoms with Crippen molar-refractivity contribution in [2.75, 3.05) is 11.9 Å². The lowest BCUT2D eigenvalue weighted by molar-refractivity contribution is 0.0950. The van der Waals surface area contributed by atoms with Crippen molar-refractivity contribution in [2.45, 2.75) is 32.0 Å². The molecule has 2 aromatic rings. The average Bonchev–Trinajstić information content (AvgIpc) is 2.99. The highest BCUT2D eigenvalue weighted by Gasteiger charge is 2.23. The van der Waals surface area contributed by atoms with E-state index in [0.717, 1.165) is 18.7 Å². The molecule has 0 radical (unpaired) electrons. The van der Waals surface area contributed by atoms with Crippen LogP contribution in [0.3, 0.4) is 0 Å². The number of rotatable bonds is 5. The Bertz CT molecular complexity index is 720. The Hall–Kier alpha value is -2.40. The molecule has 3 rings (SSSR count). The minimum atomic E-state index is -0.316. The Balaban J connectivity index is 1.62. The van der Waals surface area contributed by atoms with E-state index in [2.05, 4.69) is 10.6 Å². The van der Waals surface area contributed by atoms with E-state index in [1.807, 2.05) is 25.1 Å². The number of benzene rings is 2. The van der Waals surface area contributed by atoms with Crippen LogP contribution in [0.25, 0.3) is 0 Å². The second kappa shape index (κ2) is 7.45. The highest BCUT2D eigenvalue weighted by atomic mass is 19.1. The molecule has 1 aliphatic rings. The monoisotopic (exact) mass is 328 g/mol. The maximum atomic E-state index is 13.6. The first-order valence-electron chi connectivity index (χ1n) is 8.13. The van der Waals surface area contributed by atoms with E-state index >= 15 is 0 Å². The van der Waals surface area contributed by atoms with Gasteiger partial charge in [-0.15, -0.1) is 0 Å². The molecule has 2 atom stereocenters. The van der Waals surface area contributed by atoms with E-state index in [9.17, 15) is 9.18 Å². The Morgan fingerprint density at radius 2 is 2.08 bits per heavy atom. The molecular weight excluding hydrogens is 307 g/mol. The number of carbonyl (C=O) groups excluding carboxylic acids is 1. The second-order valence-corrected chi connectivity index (χ2v) is 5.97. The molecule has 4 nitrogen and oxygen atoms in total. The van der Waals surface area contributed by atoms with Gasteiger partial charge in [0.2, 0.25) is 0 Å². The molecule has 0 bridgehead atoms. The predicted octanol–water partition coefficient (Wildman–Crippen LogP) is 3.35. The van der Waals surface area contributed by atoms with Crippen LogP contribution in [0.2, 0.25) is 0 Å². The quantitative estimate of drug-likeness (QED) is 0.885. The largest absolute Gasteiger partial charge is 0.380 e. The summed E-state index contributed by atoms with van der Waals surface area (Å²) in [4.78, 5) is 12.3. The van der Waals surface area contributed by atoms with Crippen LogP contribution in [0.4, 0.5) is 10.1 Å². The fraction of sp³-hybridized carbons (Fsp3) is 0.316. The fourth-order valence-corrected chi connectivity index (χ4v) is 2.80. The first-order chi connectivity index (χ1) is 11.6. The van der Waals surface area contributed by atoms with Crippen molar-refractivity contribution < 1.29 is 13.9 Å². The SMILES string of the molecule is C[C@@H]1OCC[C@H]1Nc1cccc(C(=O)NCc2ccccc2F)c1. The van der Waals surface area contributed by atoms with E-state index in [1.54, 1.807) is 24.3 Å². The zero-order valence-electron chi connectivity index (χ0n) is 13.6. The number of hydrogen-bond acceptors (Lipinski definition) is 3. The summed E-state index contributed by atoms with van der Waals surface area (Å²) in [5, 5.41) is 6.16. The molecule has 1 heterocycles. The van der Waals surface area contributed by atoms with Crippen LogP contribution in [0, 0.1) is 5.82 Å². The summed E-state index contributed by atoms with van der Waals surface area (Å²) in [6, 6.07) is 14.0. The van der Waals surface area contributed by atoms with Gasteiger partial charge in [0.25, 0.3) is 5.91 Å². The van der Waals surface area contributed by atoms with Gasteiger partial charge in [-0.3, -0.25) is 4.79 Å². The minimum Gasteiger partial charge on any atom is -0.380 e. The van der Waals surface area contributed by atoms with Crippen molar-refractivity contribution in [1.29, 1.82) is 0 Å². The third kappa shape index (κ3) is 3.92. The molecule has 126 valence electrons. The van der Waals surface area contributed by atoms with Gasteiger partial charge in [-0.1, -0.05) is 24.3 Å². The smallest absolute Gasteiger partial charge is 0.251 e. The van der Waals surface area contributed by atoms with Crippen LogP contribution in [0.1, 0.15) is 29.3 Å². The van der Waals surface area contributed by atoms with Gasteiger partial charge in [-0.2, -0.15) is 0 Å². The third-order valence-corrected chi connectivity index (χ3v) is 4.25. The van der Waals surface area contributed by atoms with Gasteiger partial charge in [-0.25, -0.2) is 4.39 Å². The first kappa shape index (κ1) is 16.5. The summed E-state index contributed by atoms with van der Waals surface area (Å²) >= 11 is 0. The minimum absolute atomic E-state index is 0.156. The van der Waals surface area contributed by atoms with Crippen LogP contribution in [-0.4, -0.2) is 24.7 Å². The Morgan fingerprint density at radius 1 is 1.25 bits per heavy atom. The molecule has 1 saturated heterocycles. The van der Waals surface area contributed by atoms with E-state index in [4.69, 9.17) is 4.74 Å². The van der Waals surface area contributed by atoms with Crippen LogP contribution in [-0.2, 0) is 11.3 Å². The van der Waals surface area contributed by atoms with Gasteiger partial charge in [0.1, 0.15) is 5.82 Å². The maximum Gasteiger partial charge on any atom is 0.251 e. The van der Waals surface area contributed by atoms with Crippen molar-refractivity contribution in [3.05, 3.63) is 65.5 Å². The summed E-state index contributed by atoms with van der Waals surface area (Å²) < 4.78 is 19.1. The molecule has 0 saturated carbocycles. The Morgan fingerprint density at radius 3 is 2.83 bits per heavy atom. The normalized spacial score (nSPS) is 19.9. The topological polar surface area (TPSA) is 50.4 Å². The summed E-state index contributed by atoms with van der Waals surface area (Å²) in [5.41, 5.74) is 1.90. The van der Waals surface area contributed by atoms with Crippen LogP contribution < -0.4 is 10.6 Å². The summed E-state index contributed by atoms with van der Waals surface area (Å²) in [6.07, 6.45) is 1.11. The zero-order chi connectivity index (χ0) is 16.9. The van der Waals surface area contributed by atoms with Gasteiger partial charge in [0.05, 0.1) is 12.1 Å². The number of amides is 1. The van der Waals surface area contributed by atoms with Gasteiger partial charge in [-0.05, 0) is 37.6 Å². The molecule has 1 fully saturated rings. The molecule has 0 aliphatic carbocycles. The maximum absolute atomic E-state index is 13.6. The second-order valence-electron chi connectivity index (χ2n) is 5.97.